The highest BCUT2D eigenvalue weighted by Crippen LogP contribution is 2.36. The van der Waals surface area contributed by atoms with Gasteiger partial charge in [-0.2, -0.15) is 0 Å². The Morgan fingerprint density at radius 2 is 2.04 bits per heavy atom. The number of pyridine rings is 1. The Hall–Kier alpha value is -3.02. The number of benzene rings is 1. The first kappa shape index (κ1) is 17.4. The van der Waals surface area contributed by atoms with Crippen LogP contribution in [0.5, 0.6) is 5.75 Å². The van der Waals surface area contributed by atoms with Crippen LogP contribution in [0.3, 0.4) is 0 Å². The minimum atomic E-state index is -0.330. The lowest BCUT2D eigenvalue weighted by atomic mass is 9.88. The van der Waals surface area contributed by atoms with Gasteiger partial charge in [0.1, 0.15) is 11.4 Å². The molecule has 3 heterocycles. The lowest BCUT2D eigenvalue weighted by Crippen LogP contribution is -2.52. The Bertz CT molecular complexity index is 926. The number of amides is 2. The Balaban J connectivity index is 1.37. The van der Waals surface area contributed by atoms with Crippen LogP contribution >= 0.6 is 0 Å². The third kappa shape index (κ3) is 3.60. The molecule has 1 unspecified atom stereocenters. The minimum absolute atomic E-state index is 0.113. The van der Waals surface area contributed by atoms with Gasteiger partial charge in [-0.1, -0.05) is 24.3 Å². The third-order valence-corrected chi connectivity index (χ3v) is 5.33. The predicted octanol–water partition coefficient (Wildman–Crippen LogP) is 3.09. The van der Waals surface area contributed by atoms with Gasteiger partial charge in [0, 0.05) is 43.8 Å². The normalized spacial score (nSPS) is 18.5. The van der Waals surface area contributed by atoms with Gasteiger partial charge >= 0.3 is 6.03 Å². The molecule has 2 aromatic rings. The third-order valence-electron chi connectivity index (χ3n) is 5.33. The Kier molecular flexibility index (Phi) is 4.48. The lowest BCUT2D eigenvalue weighted by Gasteiger charge is -2.42. The largest absolute Gasteiger partial charge is 0.482 e. The van der Waals surface area contributed by atoms with Crippen LogP contribution < -0.4 is 15.6 Å². The van der Waals surface area contributed by atoms with Gasteiger partial charge < -0.3 is 19.9 Å². The molecule has 1 aromatic heterocycles. The van der Waals surface area contributed by atoms with Crippen molar-refractivity contribution in [1.82, 2.24) is 15.2 Å². The number of hydrogen-bond acceptors (Lipinski definition) is 3. The van der Waals surface area contributed by atoms with Crippen molar-refractivity contribution in [1.29, 1.82) is 0 Å². The van der Waals surface area contributed by atoms with Crippen molar-refractivity contribution in [2.24, 2.45) is 0 Å². The van der Waals surface area contributed by atoms with Crippen LogP contribution in [0.25, 0.3) is 6.08 Å². The number of likely N-dealkylation sites (tertiary alicyclic amines) is 1. The smallest absolute Gasteiger partial charge is 0.317 e. The summed E-state index contributed by atoms with van der Waals surface area (Å²) in [4.78, 5) is 28.4. The Morgan fingerprint density at radius 1 is 1.26 bits per heavy atom. The minimum Gasteiger partial charge on any atom is -0.482 e. The van der Waals surface area contributed by atoms with Crippen LogP contribution in [-0.4, -0.2) is 34.6 Å². The standard InChI is InChI=1S/C21H23N3O3/c1-15(17-7-11-22-19(25)14-17)23-20(26)24-12-9-21(10-13-24)8-6-16-4-2-3-5-18(16)27-21/h2-8,11,14-15H,9-10,12-13H2,1H3,(H,22,25)(H,23,26). The van der Waals surface area contributed by atoms with E-state index in [1.807, 2.05) is 36.1 Å². The van der Waals surface area contributed by atoms with Gasteiger partial charge in [-0.15, -0.1) is 0 Å². The average molecular weight is 365 g/mol. The Labute approximate surface area is 157 Å². The van der Waals surface area contributed by atoms with Crippen LogP contribution in [0.4, 0.5) is 4.79 Å². The summed E-state index contributed by atoms with van der Waals surface area (Å²) in [6.45, 7) is 3.13. The summed E-state index contributed by atoms with van der Waals surface area (Å²) in [6.07, 6.45) is 7.35. The van der Waals surface area contributed by atoms with Crippen LogP contribution in [0.1, 0.15) is 36.9 Å². The number of ether oxygens (including phenoxy) is 1. The molecule has 27 heavy (non-hydrogen) atoms. The Morgan fingerprint density at radius 3 is 2.81 bits per heavy atom. The molecule has 1 spiro atoms. The van der Waals surface area contributed by atoms with Gasteiger partial charge in [-0.3, -0.25) is 4.79 Å². The number of carbonyl (C=O) groups excluding carboxylic acids is 1. The molecule has 2 N–H and O–H groups in total. The summed E-state index contributed by atoms with van der Waals surface area (Å²) in [5, 5.41) is 2.98. The molecule has 1 saturated heterocycles. The predicted molar refractivity (Wildman–Crippen MR) is 104 cm³/mol. The topological polar surface area (TPSA) is 74.4 Å². The van der Waals surface area contributed by atoms with Crippen LogP contribution in [0, 0.1) is 0 Å². The SMILES string of the molecule is CC(NC(=O)N1CCC2(C=Cc3ccccc3O2)CC1)c1cc[nH]c(=O)c1. The molecule has 4 rings (SSSR count). The van der Waals surface area contributed by atoms with Crippen molar-refractivity contribution < 1.29 is 9.53 Å². The van der Waals surface area contributed by atoms with Crippen LogP contribution in [0.15, 0.2) is 53.5 Å². The number of urea groups is 1. The summed E-state index contributed by atoms with van der Waals surface area (Å²) in [5.41, 5.74) is 1.38. The highest BCUT2D eigenvalue weighted by atomic mass is 16.5. The highest BCUT2D eigenvalue weighted by Gasteiger charge is 2.38. The van der Waals surface area contributed by atoms with Crippen molar-refractivity contribution >= 4 is 12.1 Å². The number of carbonyl (C=O) groups is 1. The number of fused-ring (bicyclic) bond motifs is 1. The molecule has 0 radical (unpaired) electrons. The van der Waals surface area contributed by atoms with Gasteiger partial charge in [0.2, 0.25) is 5.56 Å². The number of nitrogens with zero attached hydrogens (tertiary/aromatic N) is 1. The fourth-order valence-corrected chi connectivity index (χ4v) is 3.65. The zero-order valence-electron chi connectivity index (χ0n) is 15.3. The monoisotopic (exact) mass is 365 g/mol. The first-order valence-corrected chi connectivity index (χ1v) is 9.26. The number of aromatic amines is 1. The molecule has 1 atom stereocenters. The van der Waals surface area contributed by atoms with Crippen molar-refractivity contribution in [2.75, 3.05) is 13.1 Å². The molecule has 0 aliphatic carbocycles. The molecule has 0 bridgehead atoms. The van der Waals surface area contributed by atoms with Crippen molar-refractivity contribution in [3.8, 4) is 5.75 Å². The first-order chi connectivity index (χ1) is 13.0. The van der Waals surface area contributed by atoms with E-state index < -0.39 is 0 Å². The van der Waals surface area contributed by atoms with Crippen molar-refractivity contribution in [3.05, 3.63) is 70.2 Å². The molecule has 1 fully saturated rings. The number of para-hydroxylation sites is 1. The van der Waals surface area contributed by atoms with E-state index in [9.17, 15) is 9.59 Å². The molecule has 2 aliphatic heterocycles. The van der Waals surface area contributed by atoms with E-state index in [1.54, 1.807) is 12.3 Å². The summed E-state index contributed by atoms with van der Waals surface area (Å²) in [5.74, 6) is 0.904. The molecule has 1 aromatic carbocycles. The first-order valence-electron chi connectivity index (χ1n) is 9.26. The van der Waals surface area contributed by atoms with Crippen LogP contribution in [-0.2, 0) is 0 Å². The average Bonchev–Trinajstić information content (AvgIpc) is 2.68. The number of rotatable bonds is 2. The molecule has 140 valence electrons. The quantitative estimate of drug-likeness (QED) is 0.859. The molecule has 2 amide bonds. The zero-order chi connectivity index (χ0) is 18.9. The molecule has 6 heteroatoms. The molecule has 0 saturated carbocycles. The second kappa shape index (κ2) is 6.95. The number of piperidine rings is 1. The number of aromatic nitrogens is 1. The van der Waals surface area contributed by atoms with Crippen molar-refractivity contribution in [2.45, 2.75) is 31.4 Å². The summed E-state index contributed by atoms with van der Waals surface area (Å²) in [7, 11) is 0. The molecule has 2 aliphatic rings. The summed E-state index contributed by atoms with van der Waals surface area (Å²) < 4.78 is 6.27. The second-order valence-electron chi connectivity index (χ2n) is 7.18. The van der Waals surface area contributed by atoms with E-state index in [0.717, 1.165) is 29.7 Å². The van der Waals surface area contributed by atoms with E-state index in [4.69, 9.17) is 4.74 Å². The molecule has 6 nitrogen and oxygen atoms in total. The zero-order valence-corrected chi connectivity index (χ0v) is 15.3. The maximum atomic E-state index is 12.6. The van der Waals surface area contributed by atoms with E-state index in [0.29, 0.717) is 13.1 Å². The number of hydrogen-bond donors (Lipinski definition) is 2. The van der Waals surface area contributed by atoms with Gasteiger partial charge in [-0.25, -0.2) is 4.79 Å². The number of H-pyrrole nitrogens is 1. The van der Waals surface area contributed by atoms with Gasteiger partial charge in [0.25, 0.3) is 0 Å². The molecular weight excluding hydrogens is 342 g/mol. The van der Waals surface area contributed by atoms with Crippen molar-refractivity contribution in [3.63, 3.8) is 0 Å². The molecular formula is C21H23N3O3. The summed E-state index contributed by atoms with van der Waals surface area (Å²) in [6, 6.07) is 11.0. The highest BCUT2D eigenvalue weighted by molar-refractivity contribution is 5.75. The van der Waals surface area contributed by atoms with Gasteiger partial charge in [0.15, 0.2) is 0 Å². The van der Waals surface area contributed by atoms with E-state index in [2.05, 4.69) is 22.5 Å². The maximum absolute atomic E-state index is 12.6. The van der Waals surface area contributed by atoms with E-state index in [-0.39, 0.29) is 23.2 Å². The van der Waals surface area contributed by atoms with E-state index >= 15 is 0 Å². The van der Waals surface area contributed by atoms with Gasteiger partial charge in [-0.05, 0) is 30.7 Å². The van der Waals surface area contributed by atoms with Gasteiger partial charge in [0.05, 0.1) is 6.04 Å². The fourth-order valence-electron chi connectivity index (χ4n) is 3.65. The lowest BCUT2D eigenvalue weighted by molar-refractivity contribution is 0.0494. The van der Waals surface area contributed by atoms with E-state index in [1.165, 1.54) is 6.07 Å². The maximum Gasteiger partial charge on any atom is 0.317 e. The second-order valence-corrected chi connectivity index (χ2v) is 7.18. The number of nitrogens with one attached hydrogen (secondary N) is 2. The fraction of sp³-hybridized carbons (Fsp3) is 0.333. The van der Waals surface area contributed by atoms with Crippen LogP contribution in [0.2, 0.25) is 0 Å². The summed E-state index contributed by atoms with van der Waals surface area (Å²) >= 11 is 0.